The van der Waals surface area contributed by atoms with E-state index in [2.05, 4.69) is 5.32 Å². The Morgan fingerprint density at radius 3 is 2.25 bits per heavy atom. The van der Waals surface area contributed by atoms with Crippen LogP contribution in [0.1, 0.15) is 12.8 Å². The molecule has 1 heterocycles. The van der Waals surface area contributed by atoms with Crippen LogP contribution in [0.4, 0.5) is 13.2 Å². The van der Waals surface area contributed by atoms with E-state index in [9.17, 15) is 21.6 Å². The zero-order chi connectivity index (χ0) is 14.9. The summed E-state index contributed by atoms with van der Waals surface area (Å²) in [7, 11) is -2.86. The Morgan fingerprint density at radius 1 is 1.10 bits per heavy atom. The number of rotatable bonds is 3. The SMILES string of the molecule is CN(C1CCNCC1)S(=O)(=O)c1cc(F)c(F)cc1F. The Morgan fingerprint density at radius 2 is 1.65 bits per heavy atom. The summed E-state index contributed by atoms with van der Waals surface area (Å²) in [6.45, 7) is 1.32. The molecule has 0 atom stereocenters. The van der Waals surface area contributed by atoms with Crippen LogP contribution in [-0.2, 0) is 10.0 Å². The van der Waals surface area contributed by atoms with Crippen LogP contribution in [-0.4, -0.2) is 38.9 Å². The molecule has 0 amide bonds. The van der Waals surface area contributed by atoms with Crippen molar-refractivity contribution in [2.24, 2.45) is 0 Å². The normalized spacial score (nSPS) is 17.6. The molecular formula is C12H15F3N2O2S. The third-order valence-electron chi connectivity index (χ3n) is 3.45. The maximum Gasteiger partial charge on any atom is 0.246 e. The number of sulfonamides is 1. The molecule has 0 radical (unpaired) electrons. The fourth-order valence-electron chi connectivity index (χ4n) is 2.22. The van der Waals surface area contributed by atoms with Crippen LogP contribution in [0.25, 0.3) is 0 Å². The van der Waals surface area contributed by atoms with E-state index < -0.39 is 32.4 Å². The second-order valence-corrected chi connectivity index (χ2v) is 6.67. The molecule has 20 heavy (non-hydrogen) atoms. The molecule has 1 aromatic carbocycles. The molecule has 0 saturated carbocycles. The van der Waals surface area contributed by atoms with Crippen LogP contribution >= 0.6 is 0 Å². The monoisotopic (exact) mass is 308 g/mol. The lowest BCUT2D eigenvalue weighted by Gasteiger charge is -2.30. The Balaban J connectivity index is 2.36. The topological polar surface area (TPSA) is 49.4 Å². The zero-order valence-electron chi connectivity index (χ0n) is 10.9. The van der Waals surface area contributed by atoms with Crippen molar-refractivity contribution in [1.29, 1.82) is 0 Å². The van der Waals surface area contributed by atoms with Crippen LogP contribution in [0.15, 0.2) is 17.0 Å². The summed E-state index contributed by atoms with van der Waals surface area (Å²) in [6, 6.07) is 0.351. The van der Waals surface area contributed by atoms with Crippen LogP contribution in [0, 0.1) is 17.5 Å². The minimum atomic E-state index is -4.18. The largest absolute Gasteiger partial charge is 0.317 e. The van der Waals surface area contributed by atoms with Gasteiger partial charge in [-0.05, 0) is 32.0 Å². The Labute approximate surface area is 115 Å². The zero-order valence-corrected chi connectivity index (χ0v) is 11.7. The average molecular weight is 308 g/mol. The van der Waals surface area contributed by atoms with Crippen molar-refractivity contribution in [2.45, 2.75) is 23.8 Å². The van der Waals surface area contributed by atoms with Crippen molar-refractivity contribution in [3.05, 3.63) is 29.6 Å². The summed E-state index contributed by atoms with van der Waals surface area (Å²) >= 11 is 0. The molecule has 0 bridgehead atoms. The number of piperidine rings is 1. The molecule has 1 aliphatic rings. The van der Waals surface area contributed by atoms with E-state index in [1.54, 1.807) is 0 Å². The summed E-state index contributed by atoms with van der Waals surface area (Å²) < 4.78 is 65.3. The van der Waals surface area contributed by atoms with Crippen molar-refractivity contribution >= 4 is 10.0 Å². The molecule has 4 nitrogen and oxygen atoms in total. The van der Waals surface area contributed by atoms with Crippen molar-refractivity contribution in [1.82, 2.24) is 9.62 Å². The van der Waals surface area contributed by atoms with E-state index in [0.717, 1.165) is 4.31 Å². The Hall–Kier alpha value is -1.12. The van der Waals surface area contributed by atoms with E-state index in [-0.39, 0.29) is 12.1 Å². The third-order valence-corrected chi connectivity index (χ3v) is 5.38. The number of benzene rings is 1. The summed E-state index contributed by atoms with van der Waals surface area (Å²) in [5.41, 5.74) is 0. The van der Waals surface area contributed by atoms with Crippen molar-refractivity contribution in [3.63, 3.8) is 0 Å². The summed E-state index contributed by atoms with van der Waals surface area (Å²) in [5.74, 6) is -4.08. The van der Waals surface area contributed by atoms with Gasteiger partial charge >= 0.3 is 0 Å². The molecule has 0 spiro atoms. The van der Waals surface area contributed by atoms with Gasteiger partial charge in [-0.1, -0.05) is 0 Å². The predicted octanol–water partition coefficient (Wildman–Crippen LogP) is 1.48. The van der Waals surface area contributed by atoms with Gasteiger partial charge in [0.25, 0.3) is 0 Å². The maximum absolute atomic E-state index is 13.6. The molecule has 1 aliphatic heterocycles. The molecule has 1 aromatic rings. The van der Waals surface area contributed by atoms with E-state index in [1.807, 2.05) is 0 Å². The number of hydrogen-bond donors (Lipinski definition) is 1. The fraction of sp³-hybridized carbons (Fsp3) is 0.500. The highest BCUT2D eigenvalue weighted by Gasteiger charge is 2.32. The molecular weight excluding hydrogens is 293 g/mol. The lowest BCUT2D eigenvalue weighted by Crippen LogP contribution is -2.44. The van der Waals surface area contributed by atoms with Gasteiger partial charge in [-0.25, -0.2) is 21.6 Å². The number of hydrogen-bond acceptors (Lipinski definition) is 3. The van der Waals surface area contributed by atoms with Gasteiger partial charge in [0.1, 0.15) is 10.7 Å². The van der Waals surface area contributed by atoms with Gasteiger partial charge in [0.2, 0.25) is 10.0 Å². The smallest absolute Gasteiger partial charge is 0.246 e. The standard InChI is InChI=1S/C12H15F3N2O2S/c1-17(8-2-4-16-5-3-8)20(18,19)12-7-10(14)9(13)6-11(12)15/h6-8,16H,2-5H2,1H3. The molecule has 0 unspecified atom stereocenters. The van der Waals surface area contributed by atoms with Crippen LogP contribution < -0.4 is 5.32 Å². The molecule has 112 valence electrons. The first kappa shape index (κ1) is 15.3. The highest BCUT2D eigenvalue weighted by atomic mass is 32.2. The number of nitrogens with zero attached hydrogens (tertiary/aromatic N) is 1. The van der Waals surface area contributed by atoms with E-state index in [1.165, 1.54) is 7.05 Å². The van der Waals surface area contributed by atoms with Crippen LogP contribution in [0.3, 0.4) is 0 Å². The number of halogens is 3. The van der Waals surface area contributed by atoms with Crippen molar-refractivity contribution in [3.8, 4) is 0 Å². The van der Waals surface area contributed by atoms with Gasteiger partial charge in [0.05, 0.1) is 0 Å². The van der Waals surface area contributed by atoms with Crippen molar-refractivity contribution in [2.75, 3.05) is 20.1 Å². The predicted molar refractivity (Wildman–Crippen MR) is 67.2 cm³/mol. The van der Waals surface area contributed by atoms with Gasteiger partial charge in [-0.15, -0.1) is 0 Å². The second kappa shape index (κ2) is 5.71. The number of nitrogens with one attached hydrogen (secondary N) is 1. The molecule has 8 heteroatoms. The first-order valence-electron chi connectivity index (χ1n) is 6.17. The summed E-state index contributed by atoms with van der Waals surface area (Å²) in [6.07, 6.45) is 1.17. The maximum atomic E-state index is 13.6. The quantitative estimate of drug-likeness (QED) is 0.861. The first-order valence-corrected chi connectivity index (χ1v) is 7.61. The molecule has 1 saturated heterocycles. The van der Waals surface area contributed by atoms with Crippen LogP contribution in [0.2, 0.25) is 0 Å². The Bertz CT molecular complexity index is 601. The molecule has 0 aliphatic carbocycles. The van der Waals surface area contributed by atoms with Gasteiger partial charge in [-0.3, -0.25) is 0 Å². The third kappa shape index (κ3) is 2.82. The second-order valence-electron chi connectivity index (χ2n) is 4.70. The van der Waals surface area contributed by atoms with E-state index in [0.29, 0.717) is 32.0 Å². The highest BCUT2D eigenvalue weighted by molar-refractivity contribution is 7.89. The fourth-order valence-corrected chi connectivity index (χ4v) is 3.70. The molecule has 2 rings (SSSR count). The van der Waals surface area contributed by atoms with Crippen LogP contribution in [0.5, 0.6) is 0 Å². The van der Waals surface area contributed by atoms with Gasteiger partial charge in [0.15, 0.2) is 11.6 Å². The minimum absolute atomic E-state index is 0.248. The van der Waals surface area contributed by atoms with E-state index in [4.69, 9.17) is 0 Å². The minimum Gasteiger partial charge on any atom is -0.317 e. The first-order chi connectivity index (χ1) is 9.34. The lowest BCUT2D eigenvalue weighted by molar-refractivity contribution is 0.295. The lowest BCUT2D eigenvalue weighted by atomic mass is 10.1. The van der Waals surface area contributed by atoms with Gasteiger partial charge in [-0.2, -0.15) is 4.31 Å². The average Bonchev–Trinajstić information content (AvgIpc) is 2.42. The molecule has 1 N–H and O–H groups in total. The van der Waals surface area contributed by atoms with Gasteiger partial charge in [0, 0.05) is 19.2 Å². The molecule has 1 fully saturated rings. The van der Waals surface area contributed by atoms with Gasteiger partial charge < -0.3 is 5.32 Å². The highest BCUT2D eigenvalue weighted by Crippen LogP contribution is 2.24. The summed E-state index contributed by atoms with van der Waals surface area (Å²) in [4.78, 5) is -0.836. The van der Waals surface area contributed by atoms with E-state index >= 15 is 0 Å². The Kier molecular flexibility index (Phi) is 4.36. The van der Waals surface area contributed by atoms with Crippen molar-refractivity contribution < 1.29 is 21.6 Å². The molecule has 0 aromatic heterocycles. The summed E-state index contributed by atoms with van der Waals surface area (Å²) in [5, 5.41) is 3.08.